The molecule has 1 unspecified atom stereocenters. The van der Waals surface area contributed by atoms with Crippen LogP contribution in [-0.4, -0.2) is 23.2 Å². The number of carbonyl (C=O) groups is 1. The van der Waals surface area contributed by atoms with Crippen LogP contribution in [0, 0.1) is 0 Å². The van der Waals surface area contributed by atoms with Gasteiger partial charge in [-0.2, -0.15) is 0 Å². The van der Waals surface area contributed by atoms with E-state index in [-0.39, 0.29) is 11.9 Å². The Bertz CT molecular complexity index is 397. The van der Waals surface area contributed by atoms with Crippen LogP contribution in [0.1, 0.15) is 38.3 Å². The van der Waals surface area contributed by atoms with E-state index in [1.54, 1.807) is 0 Å². The van der Waals surface area contributed by atoms with Gasteiger partial charge in [-0.15, -0.1) is 11.6 Å². The van der Waals surface area contributed by atoms with Gasteiger partial charge < -0.3 is 4.90 Å². The van der Waals surface area contributed by atoms with Gasteiger partial charge in [0.05, 0.1) is 6.04 Å². The molecule has 0 heterocycles. The molecular weight excluding hydrogens is 314 g/mol. The Hall–Kier alpha value is -0.540. The Morgan fingerprint density at radius 3 is 2.67 bits per heavy atom. The van der Waals surface area contributed by atoms with Gasteiger partial charge in [0.1, 0.15) is 0 Å². The summed E-state index contributed by atoms with van der Waals surface area (Å²) in [5.41, 5.74) is 1.13. The van der Waals surface area contributed by atoms with E-state index in [1.807, 2.05) is 29.2 Å². The van der Waals surface area contributed by atoms with Gasteiger partial charge in [0.2, 0.25) is 5.91 Å². The lowest BCUT2D eigenvalue weighted by Crippen LogP contribution is -2.34. The molecule has 18 heavy (non-hydrogen) atoms. The highest BCUT2D eigenvalue weighted by Crippen LogP contribution is 2.28. The second kappa shape index (κ2) is 7.80. The van der Waals surface area contributed by atoms with E-state index in [1.165, 1.54) is 0 Å². The Morgan fingerprint density at radius 2 is 2.11 bits per heavy atom. The monoisotopic (exact) mass is 331 g/mol. The molecule has 0 spiro atoms. The first-order valence-electron chi connectivity index (χ1n) is 6.21. The molecule has 1 amide bonds. The lowest BCUT2D eigenvalue weighted by atomic mass is 10.1. The molecule has 0 radical (unpaired) electrons. The number of rotatable bonds is 6. The third kappa shape index (κ3) is 3.99. The fourth-order valence-corrected chi connectivity index (χ4v) is 2.76. The fourth-order valence-electron chi connectivity index (χ4n) is 1.98. The first-order chi connectivity index (χ1) is 8.61. The van der Waals surface area contributed by atoms with Crippen LogP contribution >= 0.6 is 27.5 Å². The molecule has 4 heteroatoms. The number of hydrogen-bond acceptors (Lipinski definition) is 1. The summed E-state index contributed by atoms with van der Waals surface area (Å²) in [5, 5.41) is 0. The van der Waals surface area contributed by atoms with E-state index in [9.17, 15) is 4.79 Å². The van der Waals surface area contributed by atoms with Crippen molar-refractivity contribution in [2.24, 2.45) is 0 Å². The van der Waals surface area contributed by atoms with E-state index in [4.69, 9.17) is 11.6 Å². The minimum absolute atomic E-state index is 0.0660. The summed E-state index contributed by atoms with van der Waals surface area (Å²) in [6.45, 7) is 4.90. The Balaban J connectivity index is 2.92. The molecule has 0 N–H and O–H groups in total. The summed E-state index contributed by atoms with van der Waals surface area (Å²) >= 11 is 9.21. The van der Waals surface area contributed by atoms with Gasteiger partial charge in [-0.25, -0.2) is 0 Å². The lowest BCUT2D eigenvalue weighted by molar-refractivity contribution is -0.133. The van der Waals surface area contributed by atoms with Crippen molar-refractivity contribution in [1.29, 1.82) is 0 Å². The summed E-state index contributed by atoms with van der Waals surface area (Å²) in [6, 6.07) is 8.08. The normalized spacial score (nSPS) is 12.2. The summed E-state index contributed by atoms with van der Waals surface area (Å²) in [5.74, 6) is 0.497. The van der Waals surface area contributed by atoms with Gasteiger partial charge in [0.15, 0.2) is 0 Å². The van der Waals surface area contributed by atoms with Crippen molar-refractivity contribution in [3.05, 3.63) is 34.3 Å². The van der Waals surface area contributed by atoms with Gasteiger partial charge in [0, 0.05) is 23.3 Å². The van der Waals surface area contributed by atoms with E-state index in [2.05, 4.69) is 29.8 Å². The molecule has 0 saturated heterocycles. The SMILES string of the molecule is CCCN(C(=O)CCCl)C(C)c1ccccc1Br. The van der Waals surface area contributed by atoms with Crippen LogP contribution in [-0.2, 0) is 4.79 Å². The molecule has 0 fully saturated rings. The van der Waals surface area contributed by atoms with Crippen molar-refractivity contribution in [2.75, 3.05) is 12.4 Å². The number of alkyl halides is 1. The maximum atomic E-state index is 12.1. The zero-order chi connectivity index (χ0) is 13.5. The number of carbonyl (C=O) groups excluding carboxylic acids is 1. The molecule has 1 aromatic rings. The van der Waals surface area contributed by atoms with Crippen molar-refractivity contribution in [1.82, 2.24) is 4.90 Å². The number of nitrogens with zero attached hydrogens (tertiary/aromatic N) is 1. The van der Waals surface area contributed by atoms with Crippen molar-refractivity contribution in [3.63, 3.8) is 0 Å². The highest BCUT2D eigenvalue weighted by molar-refractivity contribution is 9.10. The molecule has 0 aliphatic heterocycles. The highest BCUT2D eigenvalue weighted by atomic mass is 79.9. The Labute approximate surface area is 122 Å². The lowest BCUT2D eigenvalue weighted by Gasteiger charge is -2.30. The largest absolute Gasteiger partial charge is 0.336 e. The van der Waals surface area contributed by atoms with Gasteiger partial charge in [-0.3, -0.25) is 4.79 Å². The van der Waals surface area contributed by atoms with Crippen molar-refractivity contribution in [2.45, 2.75) is 32.7 Å². The molecule has 1 atom stereocenters. The Kier molecular flexibility index (Phi) is 6.72. The van der Waals surface area contributed by atoms with Crippen LogP contribution < -0.4 is 0 Å². The summed E-state index contributed by atoms with van der Waals surface area (Å²) < 4.78 is 1.04. The average molecular weight is 333 g/mol. The van der Waals surface area contributed by atoms with E-state index >= 15 is 0 Å². The molecule has 1 rings (SSSR count). The van der Waals surface area contributed by atoms with Gasteiger partial charge >= 0.3 is 0 Å². The van der Waals surface area contributed by atoms with Crippen molar-refractivity contribution in [3.8, 4) is 0 Å². The topological polar surface area (TPSA) is 20.3 Å². The zero-order valence-electron chi connectivity index (χ0n) is 10.8. The maximum Gasteiger partial charge on any atom is 0.224 e. The van der Waals surface area contributed by atoms with E-state index in [0.29, 0.717) is 12.3 Å². The quantitative estimate of drug-likeness (QED) is 0.708. The van der Waals surface area contributed by atoms with Crippen LogP contribution in [0.5, 0.6) is 0 Å². The minimum atomic E-state index is 0.0660. The predicted octanol–water partition coefficient (Wildman–Crippen LogP) is 4.38. The molecule has 0 aromatic heterocycles. The minimum Gasteiger partial charge on any atom is -0.336 e. The third-order valence-corrected chi connectivity index (χ3v) is 3.83. The van der Waals surface area contributed by atoms with Gasteiger partial charge in [-0.1, -0.05) is 41.1 Å². The molecule has 2 nitrogen and oxygen atoms in total. The van der Waals surface area contributed by atoms with Crippen LogP contribution in [0.3, 0.4) is 0 Å². The number of amides is 1. The van der Waals surface area contributed by atoms with Gasteiger partial charge in [-0.05, 0) is 25.0 Å². The molecular formula is C14H19BrClNO. The second-order valence-electron chi connectivity index (χ2n) is 4.22. The smallest absolute Gasteiger partial charge is 0.224 e. The summed E-state index contributed by atoms with van der Waals surface area (Å²) in [4.78, 5) is 14.0. The van der Waals surface area contributed by atoms with Crippen molar-refractivity contribution < 1.29 is 4.79 Å². The number of halogens is 2. The van der Waals surface area contributed by atoms with Crippen LogP contribution in [0.15, 0.2) is 28.7 Å². The van der Waals surface area contributed by atoms with Gasteiger partial charge in [0.25, 0.3) is 0 Å². The molecule has 0 bridgehead atoms. The van der Waals surface area contributed by atoms with E-state index in [0.717, 1.165) is 23.0 Å². The summed E-state index contributed by atoms with van der Waals surface area (Å²) in [6.07, 6.45) is 1.35. The molecule has 0 aliphatic carbocycles. The van der Waals surface area contributed by atoms with Crippen molar-refractivity contribution >= 4 is 33.4 Å². The van der Waals surface area contributed by atoms with E-state index < -0.39 is 0 Å². The number of hydrogen-bond donors (Lipinski definition) is 0. The molecule has 1 aromatic carbocycles. The van der Waals surface area contributed by atoms with Crippen LogP contribution in [0.25, 0.3) is 0 Å². The highest BCUT2D eigenvalue weighted by Gasteiger charge is 2.21. The molecule has 0 aliphatic rings. The Morgan fingerprint density at radius 1 is 1.44 bits per heavy atom. The maximum absolute atomic E-state index is 12.1. The first kappa shape index (κ1) is 15.5. The predicted molar refractivity (Wildman–Crippen MR) is 79.9 cm³/mol. The summed E-state index contributed by atoms with van der Waals surface area (Å²) in [7, 11) is 0. The number of benzene rings is 1. The molecule has 100 valence electrons. The van der Waals surface area contributed by atoms with Crippen LogP contribution in [0.4, 0.5) is 0 Å². The standard InChI is InChI=1S/C14H19BrClNO/c1-3-10-17(14(18)8-9-16)11(2)12-6-4-5-7-13(12)15/h4-7,11H,3,8-10H2,1-2H3. The third-order valence-electron chi connectivity index (χ3n) is 2.92. The fraction of sp³-hybridized carbons (Fsp3) is 0.500. The zero-order valence-corrected chi connectivity index (χ0v) is 13.2. The second-order valence-corrected chi connectivity index (χ2v) is 5.46. The average Bonchev–Trinajstić information content (AvgIpc) is 2.36. The molecule has 0 saturated carbocycles. The first-order valence-corrected chi connectivity index (χ1v) is 7.54. The van der Waals surface area contributed by atoms with Crippen LogP contribution in [0.2, 0.25) is 0 Å².